The monoisotopic (exact) mass is 261 g/mol. The van der Waals surface area contributed by atoms with Gasteiger partial charge in [0, 0.05) is 50.3 Å². The first kappa shape index (κ1) is 12.4. The molecule has 2 bridgehead atoms. The minimum atomic E-state index is 0.0777. The Balaban J connectivity index is 1.88. The molecule has 0 spiro atoms. The molecule has 0 aliphatic carbocycles. The highest BCUT2D eigenvalue weighted by Gasteiger charge is 2.35. The van der Waals surface area contributed by atoms with Gasteiger partial charge in [0.05, 0.1) is 0 Å². The maximum Gasteiger partial charge on any atom is 0.250 e. The summed E-state index contributed by atoms with van der Waals surface area (Å²) in [6.45, 7) is 2.62. The fourth-order valence-corrected chi connectivity index (χ4v) is 3.38. The number of aromatic nitrogens is 1. The first-order valence-electron chi connectivity index (χ1n) is 6.86. The number of hydrogen-bond donors (Lipinski definition) is 1. The number of nitrogens with zero attached hydrogens (tertiary/aromatic N) is 2. The van der Waals surface area contributed by atoms with Gasteiger partial charge in [-0.3, -0.25) is 9.59 Å². The number of carbonyl (C=O) groups excluding carboxylic acids is 1. The van der Waals surface area contributed by atoms with Crippen molar-refractivity contribution in [1.29, 1.82) is 0 Å². The molecule has 1 amide bonds. The fraction of sp³-hybridized carbons (Fsp3) is 0.571. The largest absolute Gasteiger partial charge is 0.342 e. The molecule has 2 atom stereocenters. The number of rotatable bonds is 2. The summed E-state index contributed by atoms with van der Waals surface area (Å²) in [5.74, 6) is 0.833. The van der Waals surface area contributed by atoms with E-state index in [0.717, 1.165) is 31.7 Å². The molecule has 0 radical (unpaired) electrons. The number of piperidine rings is 1. The molecular formula is C14H19N3O2. The van der Waals surface area contributed by atoms with Gasteiger partial charge in [-0.25, -0.2) is 0 Å². The van der Waals surface area contributed by atoms with Crippen molar-refractivity contribution in [1.82, 2.24) is 9.47 Å². The van der Waals surface area contributed by atoms with Gasteiger partial charge in [-0.1, -0.05) is 6.07 Å². The molecule has 1 fully saturated rings. The van der Waals surface area contributed by atoms with E-state index in [-0.39, 0.29) is 11.5 Å². The van der Waals surface area contributed by atoms with Crippen molar-refractivity contribution in [3.8, 4) is 0 Å². The lowest BCUT2D eigenvalue weighted by molar-refractivity contribution is -0.133. The van der Waals surface area contributed by atoms with E-state index in [4.69, 9.17) is 5.73 Å². The lowest BCUT2D eigenvalue weighted by Crippen LogP contribution is -2.49. The van der Waals surface area contributed by atoms with Crippen LogP contribution in [0.25, 0.3) is 0 Å². The summed E-state index contributed by atoms with van der Waals surface area (Å²) in [6, 6.07) is 5.44. The third-order valence-corrected chi connectivity index (χ3v) is 4.19. The van der Waals surface area contributed by atoms with Crippen LogP contribution in [0.15, 0.2) is 23.0 Å². The topological polar surface area (TPSA) is 68.3 Å². The summed E-state index contributed by atoms with van der Waals surface area (Å²) in [4.78, 5) is 25.8. The van der Waals surface area contributed by atoms with E-state index >= 15 is 0 Å². The van der Waals surface area contributed by atoms with E-state index in [9.17, 15) is 9.59 Å². The van der Waals surface area contributed by atoms with Gasteiger partial charge in [0.25, 0.3) is 5.56 Å². The lowest BCUT2D eigenvalue weighted by atomic mass is 9.83. The molecule has 0 saturated carbocycles. The molecule has 5 nitrogen and oxygen atoms in total. The van der Waals surface area contributed by atoms with E-state index in [2.05, 4.69) is 0 Å². The van der Waals surface area contributed by atoms with Crippen LogP contribution in [-0.2, 0) is 11.3 Å². The van der Waals surface area contributed by atoms with E-state index in [0.29, 0.717) is 24.8 Å². The zero-order valence-corrected chi connectivity index (χ0v) is 10.9. The minimum Gasteiger partial charge on any atom is -0.342 e. The number of carbonyl (C=O) groups is 1. The Bertz CT molecular complexity index is 552. The number of hydrogen-bond acceptors (Lipinski definition) is 3. The lowest BCUT2D eigenvalue weighted by Gasteiger charge is -2.42. The first-order valence-corrected chi connectivity index (χ1v) is 6.86. The predicted octanol–water partition coefficient (Wildman–Crippen LogP) is 0.143. The maximum atomic E-state index is 12.0. The van der Waals surface area contributed by atoms with Gasteiger partial charge in [0.1, 0.15) is 0 Å². The van der Waals surface area contributed by atoms with Crippen LogP contribution in [0, 0.1) is 5.92 Å². The number of pyridine rings is 1. The molecule has 1 aromatic rings. The van der Waals surface area contributed by atoms with Crippen LogP contribution in [0.1, 0.15) is 24.5 Å². The smallest absolute Gasteiger partial charge is 0.250 e. The highest BCUT2D eigenvalue weighted by Crippen LogP contribution is 2.34. The molecule has 5 heteroatoms. The zero-order chi connectivity index (χ0) is 13.4. The molecule has 2 unspecified atom stereocenters. The molecule has 2 N–H and O–H groups in total. The van der Waals surface area contributed by atoms with E-state index in [1.54, 1.807) is 6.07 Å². The second-order valence-corrected chi connectivity index (χ2v) is 5.54. The Morgan fingerprint density at radius 3 is 2.95 bits per heavy atom. The number of amides is 1. The highest BCUT2D eigenvalue weighted by molar-refractivity contribution is 5.76. The molecular weight excluding hydrogens is 242 g/mol. The van der Waals surface area contributed by atoms with Gasteiger partial charge in [0.15, 0.2) is 0 Å². The third-order valence-electron chi connectivity index (χ3n) is 4.19. The van der Waals surface area contributed by atoms with Gasteiger partial charge >= 0.3 is 0 Å². The van der Waals surface area contributed by atoms with Crippen LogP contribution >= 0.6 is 0 Å². The normalized spacial score (nSPS) is 25.0. The Morgan fingerprint density at radius 2 is 2.16 bits per heavy atom. The van der Waals surface area contributed by atoms with Crippen LogP contribution in [0.4, 0.5) is 0 Å². The summed E-state index contributed by atoms with van der Waals surface area (Å²) in [5, 5.41) is 0. The molecule has 2 aliphatic heterocycles. The SMILES string of the molecule is NCCC(=O)N1CC2CC(C1)c1cccc(=O)n1C2. The second kappa shape index (κ2) is 4.81. The summed E-state index contributed by atoms with van der Waals surface area (Å²) >= 11 is 0. The van der Waals surface area contributed by atoms with Gasteiger partial charge in [-0.2, -0.15) is 0 Å². The number of nitrogens with two attached hydrogens (primary N) is 1. The Kier molecular flexibility index (Phi) is 3.14. The molecule has 1 aromatic heterocycles. The molecule has 102 valence electrons. The van der Waals surface area contributed by atoms with Crippen molar-refractivity contribution in [2.75, 3.05) is 19.6 Å². The van der Waals surface area contributed by atoms with Crippen LogP contribution in [0.3, 0.4) is 0 Å². The first-order chi connectivity index (χ1) is 9.19. The minimum absolute atomic E-state index is 0.0777. The van der Waals surface area contributed by atoms with Crippen molar-refractivity contribution in [3.63, 3.8) is 0 Å². The molecule has 19 heavy (non-hydrogen) atoms. The average Bonchev–Trinajstić information content (AvgIpc) is 2.40. The Morgan fingerprint density at radius 1 is 1.32 bits per heavy atom. The van der Waals surface area contributed by atoms with E-state index < -0.39 is 0 Å². The maximum absolute atomic E-state index is 12.0. The second-order valence-electron chi connectivity index (χ2n) is 5.54. The van der Waals surface area contributed by atoms with Crippen molar-refractivity contribution in [2.45, 2.75) is 25.3 Å². The van der Waals surface area contributed by atoms with Crippen molar-refractivity contribution in [3.05, 3.63) is 34.2 Å². The van der Waals surface area contributed by atoms with Crippen molar-refractivity contribution in [2.24, 2.45) is 11.7 Å². The van der Waals surface area contributed by atoms with E-state index in [1.165, 1.54) is 0 Å². The van der Waals surface area contributed by atoms with Crippen LogP contribution in [0.2, 0.25) is 0 Å². The Labute approximate surface area is 112 Å². The van der Waals surface area contributed by atoms with Gasteiger partial charge in [-0.05, 0) is 18.4 Å². The van der Waals surface area contributed by atoms with Crippen molar-refractivity contribution >= 4 is 5.91 Å². The van der Waals surface area contributed by atoms with Crippen LogP contribution in [0.5, 0.6) is 0 Å². The predicted molar refractivity (Wildman–Crippen MR) is 71.8 cm³/mol. The summed E-state index contributed by atoms with van der Waals surface area (Å²) < 4.78 is 1.88. The zero-order valence-electron chi connectivity index (χ0n) is 10.9. The van der Waals surface area contributed by atoms with Gasteiger partial charge in [0.2, 0.25) is 5.91 Å². The molecule has 1 saturated heterocycles. The molecule has 0 aromatic carbocycles. The van der Waals surface area contributed by atoms with Crippen LogP contribution in [-0.4, -0.2) is 35.0 Å². The number of fused-ring (bicyclic) bond motifs is 4. The molecule has 2 aliphatic rings. The highest BCUT2D eigenvalue weighted by atomic mass is 16.2. The van der Waals surface area contributed by atoms with E-state index in [1.807, 2.05) is 21.6 Å². The standard InChI is InChI=1S/C14H19N3O2/c15-5-4-13(18)16-7-10-6-11(9-16)12-2-1-3-14(19)17(12)8-10/h1-3,10-11H,4-9,15H2. The van der Waals surface area contributed by atoms with Crippen molar-refractivity contribution < 1.29 is 4.79 Å². The summed E-state index contributed by atoms with van der Waals surface area (Å²) in [5.41, 5.74) is 6.61. The van der Waals surface area contributed by atoms with Gasteiger partial charge in [-0.15, -0.1) is 0 Å². The average molecular weight is 261 g/mol. The number of likely N-dealkylation sites (tertiary alicyclic amines) is 1. The fourth-order valence-electron chi connectivity index (χ4n) is 3.38. The Hall–Kier alpha value is -1.62. The summed E-state index contributed by atoms with van der Waals surface area (Å²) in [7, 11) is 0. The third kappa shape index (κ3) is 2.18. The van der Waals surface area contributed by atoms with Crippen LogP contribution < -0.4 is 11.3 Å². The molecule has 3 rings (SSSR count). The quantitative estimate of drug-likeness (QED) is 0.823. The van der Waals surface area contributed by atoms with Gasteiger partial charge < -0.3 is 15.2 Å². The summed E-state index contributed by atoms with van der Waals surface area (Å²) in [6.07, 6.45) is 1.50. The molecule has 3 heterocycles.